The zero-order valence-electron chi connectivity index (χ0n) is 11.9. The summed E-state index contributed by atoms with van der Waals surface area (Å²) in [6.45, 7) is 2.83. The summed E-state index contributed by atoms with van der Waals surface area (Å²) in [4.78, 5) is 15.4. The predicted octanol–water partition coefficient (Wildman–Crippen LogP) is 5.18. The van der Waals surface area contributed by atoms with Crippen LogP contribution in [-0.2, 0) is 0 Å². The minimum Gasteiger partial charge on any atom is -0.308 e. The van der Waals surface area contributed by atoms with E-state index in [9.17, 15) is 4.79 Å². The third-order valence-corrected chi connectivity index (χ3v) is 4.10. The Morgan fingerprint density at radius 3 is 2.52 bits per heavy atom. The number of para-hydroxylation sites is 1. The van der Waals surface area contributed by atoms with Gasteiger partial charge in [-0.2, -0.15) is 0 Å². The number of benzene rings is 2. The standard InChI is InChI=1S/C17H18BrNOS/c1-2-3-11-19(14-7-5-4-6-8-14)17(20)15-10-9-13(18)12-16(15)21/h4-10,12,21H,2-3,11H2,1H3. The first kappa shape index (κ1) is 16.1. The molecule has 2 nitrogen and oxygen atoms in total. The zero-order chi connectivity index (χ0) is 15.2. The lowest BCUT2D eigenvalue weighted by molar-refractivity contribution is 0.0984. The van der Waals surface area contributed by atoms with E-state index in [1.807, 2.05) is 53.4 Å². The van der Waals surface area contributed by atoms with E-state index in [0.717, 1.165) is 23.0 Å². The van der Waals surface area contributed by atoms with Crippen LogP contribution < -0.4 is 4.90 Å². The molecule has 0 spiro atoms. The van der Waals surface area contributed by atoms with E-state index in [0.29, 0.717) is 17.0 Å². The van der Waals surface area contributed by atoms with Crippen LogP contribution in [0.1, 0.15) is 30.1 Å². The summed E-state index contributed by atoms with van der Waals surface area (Å²) in [5, 5.41) is 0. The fraction of sp³-hybridized carbons (Fsp3) is 0.235. The van der Waals surface area contributed by atoms with Crippen molar-refractivity contribution >= 4 is 40.2 Å². The van der Waals surface area contributed by atoms with Crippen molar-refractivity contribution in [2.45, 2.75) is 24.7 Å². The molecule has 0 unspecified atom stereocenters. The lowest BCUT2D eigenvalue weighted by Gasteiger charge is -2.23. The Labute approximate surface area is 139 Å². The van der Waals surface area contributed by atoms with Gasteiger partial charge < -0.3 is 4.90 Å². The molecule has 0 aliphatic rings. The molecule has 0 saturated heterocycles. The van der Waals surface area contributed by atoms with Crippen molar-refractivity contribution in [1.29, 1.82) is 0 Å². The first-order valence-corrected chi connectivity index (χ1v) is 8.23. The molecular formula is C17H18BrNOS. The topological polar surface area (TPSA) is 20.3 Å². The second-order valence-corrected chi connectivity index (χ2v) is 6.20. The third kappa shape index (κ3) is 4.11. The Balaban J connectivity index is 2.34. The molecule has 1 amide bonds. The van der Waals surface area contributed by atoms with Gasteiger partial charge in [-0.15, -0.1) is 12.6 Å². The van der Waals surface area contributed by atoms with Crippen LogP contribution in [0.4, 0.5) is 5.69 Å². The van der Waals surface area contributed by atoms with Gasteiger partial charge in [-0.25, -0.2) is 0 Å². The fourth-order valence-corrected chi connectivity index (χ4v) is 2.95. The van der Waals surface area contributed by atoms with Gasteiger partial charge in [0.1, 0.15) is 0 Å². The van der Waals surface area contributed by atoms with Crippen LogP contribution >= 0.6 is 28.6 Å². The summed E-state index contributed by atoms with van der Waals surface area (Å²) in [7, 11) is 0. The number of thiol groups is 1. The van der Waals surface area contributed by atoms with E-state index in [1.54, 1.807) is 0 Å². The van der Waals surface area contributed by atoms with Crippen LogP contribution in [-0.4, -0.2) is 12.5 Å². The van der Waals surface area contributed by atoms with E-state index < -0.39 is 0 Å². The van der Waals surface area contributed by atoms with Gasteiger partial charge in [0.05, 0.1) is 5.56 Å². The summed E-state index contributed by atoms with van der Waals surface area (Å²) in [5.74, 6) is -0.00727. The highest BCUT2D eigenvalue weighted by Gasteiger charge is 2.19. The number of unbranched alkanes of at least 4 members (excludes halogenated alkanes) is 1. The van der Waals surface area contributed by atoms with E-state index >= 15 is 0 Å². The van der Waals surface area contributed by atoms with Crippen LogP contribution in [0, 0.1) is 0 Å². The van der Waals surface area contributed by atoms with Crippen molar-refractivity contribution < 1.29 is 4.79 Å². The van der Waals surface area contributed by atoms with Gasteiger partial charge in [0.15, 0.2) is 0 Å². The highest BCUT2D eigenvalue weighted by atomic mass is 79.9. The van der Waals surface area contributed by atoms with Gasteiger partial charge in [-0.1, -0.05) is 47.5 Å². The van der Waals surface area contributed by atoms with Gasteiger partial charge in [0.25, 0.3) is 5.91 Å². The Morgan fingerprint density at radius 2 is 1.90 bits per heavy atom. The van der Waals surface area contributed by atoms with Gasteiger partial charge in [-0.3, -0.25) is 4.79 Å². The monoisotopic (exact) mass is 363 g/mol. The van der Waals surface area contributed by atoms with Crippen LogP contribution in [0.3, 0.4) is 0 Å². The normalized spacial score (nSPS) is 10.4. The number of anilines is 1. The number of rotatable bonds is 5. The average molecular weight is 364 g/mol. The molecule has 0 atom stereocenters. The third-order valence-electron chi connectivity index (χ3n) is 3.24. The summed E-state index contributed by atoms with van der Waals surface area (Å²) >= 11 is 7.82. The molecule has 0 N–H and O–H groups in total. The summed E-state index contributed by atoms with van der Waals surface area (Å²) in [6, 6.07) is 15.3. The molecule has 0 heterocycles. The number of hydrogen-bond donors (Lipinski definition) is 1. The molecule has 4 heteroatoms. The molecule has 0 fully saturated rings. The van der Waals surface area contributed by atoms with Crippen LogP contribution in [0.15, 0.2) is 57.9 Å². The molecule has 110 valence electrons. The summed E-state index contributed by atoms with van der Waals surface area (Å²) in [6.07, 6.45) is 2.02. The van der Waals surface area contributed by atoms with E-state index in [2.05, 4.69) is 35.5 Å². The molecular weight excluding hydrogens is 346 g/mol. The van der Waals surface area contributed by atoms with Crippen molar-refractivity contribution in [2.24, 2.45) is 0 Å². The molecule has 0 radical (unpaired) electrons. The second-order valence-electron chi connectivity index (χ2n) is 4.81. The first-order valence-electron chi connectivity index (χ1n) is 6.99. The molecule has 0 aliphatic carbocycles. The molecule has 2 aromatic carbocycles. The molecule has 2 aromatic rings. The second kappa shape index (κ2) is 7.66. The summed E-state index contributed by atoms with van der Waals surface area (Å²) in [5.41, 5.74) is 1.55. The summed E-state index contributed by atoms with van der Waals surface area (Å²) < 4.78 is 0.920. The van der Waals surface area contributed by atoms with Crippen molar-refractivity contribution in [2.75, 3.05) is 11.4 Å². The molecule has 2 rings (SSSR count). The minimum atomic E-state index is -0.00727. The quantitative estimate of drug-likeness (QED) is 0.725. The lowest BCUT2D eigenvalue weighted by Crippen LogP contribution is -2.32. The number of halogens is 1. The van der Waals surface area contributed by atoms with E-state index in [4.69, 9.17) is 0 Å². The zero-order valence-corrected chi connectivity index (χ0v) is 14.4. The minimum absolute atomic E-state index is 0.00727. The number of carbonyl (C=O) groups excluding carboxylic acids is 1. The number of nitrogens with zero attached hydrogens (tertiary/aromatic N) is 1. The molecule has 21 heavy (non-hydrogen) atoms. The van der Waals surface area contributed by atoms with Crippen molar-refractivity contribution in [3.8, 4) is 0 Å². The van der Waals surface area contributed by atoms with Crippen LogP contribution in [0.25, 0.3) is 0 Å². The largest absolute Gasteiger partial charge is 0.308 e. The number of hydrogen-bond acceptors (Lipinski definition) is 2. The first-order chi connectivity index (χ1) is 10.1. The molecule has 0 saturated carbocycles. The predicted molar refractivity (Wildman–Crippen MR) is 94.4 cm³/mol. The van der Waals surface area contributed by atoms with Crippen LogP contribution in [0.2, 0.25) is 0 Å². The van der Waals surface area contributed by atoms with Gasteiger partial charge in [0, 0.05) is 21.6 Å². The maximum atomic E-state index is 12.8. The average Bonchev–Trinajstić information content (AvgIpc) is 2.48. The Bertz CT molecular complexity index is 615. The van der Waals surface area contributed by atoms with Gasteiger partial charge in [0.2, 0.25) is 0 Å². The smallest absolute Gasteiger partial charge is 0.259 e. The highest BCUT2D eigenvalue weighted by Crippen LogP contribution is 2.24. The van der Waals surface area contributed by atoms with E-state index in [1.165, 1.54) is 0 Å². The Morgan fingerprint density at radius 1 is 1.19 bits per heavy atom. The highest BCUT2D eigenvalue weighted by molar-refractivity contribution is 9.10. The Kier molecular flexibility index (Phi) is 5.88. The van der Waals surface area contributed by atoms with Crippen molar-refractivity contribution in [3.63, 3.8) is 0 Å². The SMILES string of the molecule is CCCCN(C(=O)c1ccc(Br)cc1S)c1ccccc1. The van der Waals surface area contributed by atoms with Gasteiger partial charge >= 0.3 is 0 Å². The van der Waals surface area contributed by atoms with E-state index in [-0.39, 0.29) is 5.91 Å². The van der Waals surface area contributed by atoms with Crippen molar-refractivity contribution in [3.05, 3.63) is 58.6 Å². The fourth-order valence-electron chi connectivity index (χ4n) is 2.10. The molecule has 0 aromatic heterocycles. The maximum Gasteiger partial charge on any atom is 0.259 e. The van der Waals surface area contributed by atoms with Crippen molar-refractivity contribution in [1.82, 2.24) is 0 Å². The molecule has 0 aliphatic heterocycles. The number of amides is 1. The van der Waals surface area contributed by atoms with Crippen LogP contribution in [0.5, 0.6) is 0 Å². The molecule has 0 bridgehead atoms. The number of carbonyl (C=O) groups is 1. The maximum absolute atomic E-state index is 12.8. The van der Waals surface area contributed by atoms with Gasteiger partial charge in [-0.05, 0) is 36.8 Å². The lowest BCUT2D eigenvalue weighted by atomic mass is 10.1. The Hall–Kier alpha value is -1.26.